The van der Waals surface area contributed by atoms with E-state index in [2.05, 4.69) is 4.74 Å². The lowest BCUT2D eigenvalue weighted by molar-refractivity contribution is -0.159. The summed E-state index contributed by atoms with van der Waals surface area (Å²) in [6.07, 6.45) is -0.390. The molecule has 0 spiro atoms. The Morgan fingerprint density at radius 3 is 3.00 bits per heavy atom. The van der Waals surface area contributed by atoms with E-state index in [0.29, 0.717) is 13.2 Å². The maximum atomic E-state index is 10.9. The van der Waals surface area contributed by atoms with Gasteiger partial charge in [-0.25, -0.2) is 4.79 Å². The van der Waals surface area contributed by atoms with Crippen LogP contribution in [-0.2, 0) is 14.3 Å². The molecule has 1 atom stereocenters. The second-order valence-corrected chi connectivity index (χ2v) is 2.64. The van der Waals surface area contributed by atoms with E-state index < -0.39 is 6.10 Å². The van der Waals surface area contributed by atoms with Crippen LogP contribution in [0.4, 0.5) is 0 Å². The van der Waals surface area contributed by atoms with E-state index in [1.165, 1.54) is 7.11 Å². The van der Waals surface area contributed by atoms with Crippen molar-refractivity contribution in [1.29, 1.82) is 0 Å². The Bertz CT molecular complexity index is 149. The molecule has 4 nitrogen and oxygen atoms in total. The summed E-state index contributed by atoms with van der Waals surface area (Å²) in [6.45, 7) is 2.12. The van der Waals surface area contributed by atoms with Crippen LogP contribution in [0.5, 0.6) is 0 Å². The Morgan fingerprint density at radius 2 is 2.45 bits per heavy atom. The number of methoxy groups -OCH3 is 1. The van der Waals surface area contributed by atoms with Crippen LogP contribution in [0.2, 0.25) is 0 Å². The zero-order valence-electron chi connectivity index (χ0n) is 6.87. The first kappa shape index (κ1) is 8.49. The maximum Gasteiger partial charge on any atom is 0.336 e. The van der Waals surface area contributed by atoms with E-state index in [4.69, 9.17) is 4.74 Å². The van der Waals surface area contributed by atoms with Gasteiger partial charge in [-0.15, -0.1) is 0 Å². The van der Waals surface area contributed by atoms with Crippen LogP contribution in [0.3, 0.4) is 0 Å². The molecular formula is C7H13NO3. The topological polar surface area (TPSA) is 38.8 Å². The number of ether oxygens (including phenoxy) is 2. The zero-order valence-corrected chi connectivity index (χ0v) is 6.87. The summed E-state index contributed by atoms with van der Waals surface area (Å²) in [7, 11) is 3.33. The molecule has 0 unspecified atom stereocenters. The second kappa shape index (κ2) is 3.69. The van der Waals surface area contributed by atoms with Gasteiger partial charge < -0.3 is 14.4 Å². The Labute approximate surface area is 66.1 Å². The van der Waals surface area contributed by atoms with E-state index in [9.17, 15) is 4.79 Å². The van der Waals surface area contributed by atoms with Crippen LogP contribution in [0.25, 0.3) is 0 Å². The third-order valence-corrected chi connectivity index (χ3v) is 1.73. The van der Waals surface area contributed by atoms with Crippen LogP contribution >= 0.6 is 0 Å². The smallest absolute Gasteiger partial charge is 0.336 e. The van der Waals surface area contributed by atoms with Crippen LogP contribution in [0, 0.1) is 0 Å². The molecule has 1 fully saturated rings. The van der Waals surface area contributed by atoms with Crippen molar-refractivity contribution < 1.29 is 14.3 Å². The molecule has 0 aromatic carbocycles. The van der Waals surface area contributed by atoms with Crippen molar-refractivity contribution in [2.75, 3.05) is 33.9 Å². The first-order valence-electron chi connectivity index (χ1n) is 3.62. The van der Waals surface area contributed by atoms with Crippen molar-refractivity contribution in [3.05, 3.63) is 0 Å². The number of carbonyl (C=O) groups excluding carboxylic acids is 1. The molecule has 0 amide bonds. The summed E-state index contributed by atoms with van der Waals surface area (Å²) in [5, 5.41) is 0. The van der Waals surface area contributed by atoms with Gasteiger partial charge in [-0.1, -0.05) is 0 Å². The molecule has 0 saturated carbocycles. The number of esters is 1. The fraction of sp³-hybridized carbons (Fsp3) is 0.857. The summed E-state index contributed by atoms with van der Waals surface area (Å²) >= 11 is 0. The molecule has 0 aromatic heterocycles. The third-order valence-electron chi connectivity index (χ3n) is 1.73. The fourth-order valence-electron chi connectivity index (χ4n) is 1.05. The van der Waals surface area contributed by atoms with E-state index in [1.807, 2.05) is 11.9 Å². The van der Waals surface area contributed by atoms with Crippen molar-refractivity contribution >= 4 is 5.97 Å². The number of hydrogen-bond acceptors (Lipinski definition) is 4. The average molecular weight is 159 g/mol. The van der Waals surface area contributed by atoms with E-state index in [0.717, 1.165) is 6.54 Å². The maximum absolute atomic E-state index is 10.9. The first-order valence-corrected chi connectivity index (χ1v) is 3.62. The van der Waals surface area contributed by atoms with Gasteiger partial charge in [0, 0.05) is 13.1 Å². The standard InChI is InChI=1S/C7H13NO3/c1-8-3-4-11-6(5-8)7(9)10-2/h6H,3-5H2,1-2H3/t6-/m1/s1. The van der Waals surface area contributed by atoms with Crippen molar-refractivity contribution in [2.45, 2.75) is 6.10 Å². The van der Waals surface area contributed by atoms with Gasteiger partial charge >= 0.3 is 5.97 Å². The molecule has 11 heavy (non-hydrogen) atoms. The molecule has 0 radical (unpaired) electrons. The predicted octanol–water partition coefficient (Wildman–Crippen LogP) is -0.510. The van der Waals surface area contributed by atoms with Gasteiger partial charge in [0.05, 0.1) is 13.7 Å². The van der Waals surface area contributed by atoms with Crippen LogP contribution < -0.4 is 0 Å². The van der Waals surface area contributed by atoms with Gasteiger partial charge in [0.1, 0.15) is 0 Å². The Hall–Kier alpha value is -0.610. The molecule has 0 aliphatic carbocycles. The number of likely N-dealkylation sites (N-methyl/N-ethyl adjacent to an activating group) is 1. The minimum absolute atomic E-state index is 0.281. The highest BCUT2D eigenvalue weighted by Crippen LogP contribution is 2.03. The molecule has 1 heterocycles. The zero-order chi connectivity index (χ0) is 8.27. The van der Waals surface area contributed by atoms with E-state index in [1.54, 1.807) is 0 Å². The quantitative estimate of drug-likeness (QED) is 0.483. The number of hydrogen-bond donors (Lipinski definition) is 0. The second-order valence-electron chi connectivity index (χ2n) is 2.64. The molecule has 0 aromatic rings. The van der Waals surface area contributed by atoms with Crippen molar-refractivity contribution in [3.63, 3.8) is 0 Å². The van der Waals surface area contributed by atoms with Gasteiger partial charge in [0.15, 0.2) is 6.10 Å². The SMILES string of the molecule is COC(=O)[C@H]1CN(C)CCO1. The number of carbonyl (C=O) groups is 1. The van der Waals surface area contributed by atoms with Crippen LogP contribution in [0.15, 0.2) is 0 Å². The summed E-state index contributed by atoms with van der Waals surface area (Å²) in [6, 6.07) is 0. The number of rotatable bonds is 1. The third kappa shape index (κ3) is 2.17. The Morgan fingerprint density at radius 1 is 1.73 bits per heavy atom. The minimum Gasteiger partial charge on any atom is -0.467 e. The predicted molar refractivity (Wildman–Crippen MR) is 39.3 cm³/mol. The molecule has 0 N–H and O–H groups in total. The summed E-state index contributed by atoms with van der Waals surface area (Å²) < 4.78 is 9.73. The highest BCUT2D eigenvalue weighted by molar-refractivity contribution is 5.74. The van der Waals surface area contributed by atoms with Gasteiger partial charge in [0.2, 0.25) is 0 Å². The lowest BCUT2D eigenvalue weighted by Crippen LogP contribution is -2.44. The Kier molecular flexibility index (Phi) is 2.84. The summed E-state index contributed by atoms with van der Waals surface area (Å²) in [4.78, 5) is 13.0. The summed E-state index contributed by atoms with van der Waals surface area (Å²) in [5.41, 5.74) is 0. The molecule has 4 heteroatoms. The number of nitrogens with zero attached hydrogens (tertiary/aromatic N) is 1. The van der Waals surface area contributed by atoms with Gasteiger partial charge in [-0.3, -0.25) is 0 Å². The van der Waals surface area contributed by atoms with Crippen LogP contribution in [0.1, 0.15) is 0 Å². The lowest BCUT2D eigenvalue weighted by Gasteiger charge is -2.27. The highest BCUT2D eigenvalue weighted by atomic mass is 16.6. The summed E-state index contributed by atoms with van der Waals surface area (Å²) in [5.74, 6) is -0.281. The van der Waals surface area contributed by atoms with Gasteiger partial charge in [-0.2, -0.15) is 0 Å². The minimum atomic E-state index is -0.390. The monoisotopic (exact) mass is 159 g/mol. The highest BCUT2D eigenvalue weighted by Gasteiger charge is 2.24. The normalized spacial score (nSPS) is 26.5. The van der Waals surface area contributed by atoms with E-state index in [-0.39, 0.29) is 5.97 Å². The first-order chi connectivity index (χ1) is 5.24. The Balaban J connectivity index is 2.39. The fourth-order valence-corrected chi connectivity index (χ4v) is 1.05. The van der Waals surface area contributed by atoms with Crippen molar-refractivity contribution in [1.82, 2.24) is 4.90 Å². The van der Waals surface area contributed by atoms with Gasteiger partial charge in [-0.05, 0) is 7.05 Å². The molecule has 1 rings (SSSR count). The molecule has 1 saturated heterocycles. The molecule has 0 bridgehead atoms. The molecule has 1 aliphatic heterocycles. The molecule has 1 aliphatic rings. The van der Waals surface area contributed by atoms with Gasteiger partial charge in [0.25, 0.3) is 0 Å². The average Bonchev–Trinajstić information content (AvgIpc) is 2.03. The number of morpholine rings is 1. The molecule has 64 valence electrons. The van der Waals surface area contributed by atoms with Crippen LogP contribution in [-0.4, -0.2) is 50.8 Å². The largest absolute Gasteiger partial charge is 0.467 e. The van der Waals surface area contributed by atoms with Crippen molar-refractivity contribution in [2.24, 2.45) is 0 Å². The lowest BCUT2D eigenvalue weighted by atomic mass is 10.3. The molecular weight excluding hydrogens is 146 g/mol. The van der Waals surface area contributed by atoms with Crippen molar-refractivity contribution in [3.8, 4) is 0 Å². The van der Waals surface area contributed by atoms with E-state index >= 15 is 0 Å².